The molecular weight excluding hydrogens is 478 g/mol. The van der Waals surface area contributed by atoms with Gasteiger partial charge in [0.2, 0.25) is 5.16 Å². The van der Waals surface area contributed by atoms with Crippen LogP contribution in [0.4, 0.5) is 0 Å². The molecule has 0 aliphatic heterocycles. The minimum Gasteiger partial charge on any atom is -0.497 e. The van der Waals surface area contributed by atoms with Gasteiger partial charge in [-0.2, -0.15) is 0 Å². The number of carbonyl (C=O) groups excluding carboxylic acids is 1. The Morgan fingerprint density at radius 1 is 0.722 bits per heavy atom. The van der Waals surface area contributed by atoms with Crippen LogP contribution in [0.2, 0.25) is 0 Å². The van der Waals surface area contributed by atoms with Gasteiger partial charge in [0.25, 0.3) is 0 Å². The lowest BCUT2D eigenvalue weighted by atomic mass is 10.0. The summed E-state index contributed by atoms with van der Waals surface area (Å²) in [4.78, 5) is 17.8. The first-order chi connectivity index (χ1) is 17.6. The number of methoxy groups -OCH3 is 4. The first kappa shape index (κ1) is 25.0. The van der Waals surface area contributed by atoms with Crippen molar-refractivity contribution in [3.8, 4) is 45.5 Å². The standard InChI is InChI=1S/C27H25N3O5S/c1-32-17-13-14-24(35-4)20(15-17)21(31)16-36-27-28-25(18-9-5-7-11-22(18)33-2)26(29-30-27)19-10-6-8-12-23(19)34-3/h5-15H,16H2,1-4H3. The van der Waals surface area contributed by atoms with Gasteiger partial charge in [0.15, 0.2) is 5.78 Å². The number of rotatable bonds is 10. The van der Waals surface area contributed by atoms with E-state index >= 15 is 0 Å². The summed E-state index contributed by atoms with van der Waals surface area (Å²) >= 11 is 1.19. The SMILES string of the molecule is COc1ccc(OC)c(C(=O)CSc2nnc(-c3ccccc3OC)c(-c3ccccc3OC)n2)c1. The van der Waals surface area contributed by atoms with Gasteiger partial charge >= 0.3 is 0 Å². The summed E-state index contributed by atoms with van der Waals surface area (Å²) in [5.74, 6) is 2.27. The number of aromatic nitrogens is 3. The minimum atomic E-state index is -0.146. The molecule has 0 aliphatic carbocycles. The fraction of sp³-hybridized carbons (Fsp3) is 0.185. The van der Waals surface area contributed by atoms with Crippen molar-refractivity contribution in [3.05, 3.63) is 72.3 Å². The van der Waals surface area contributed by atoms with E-state index in [1.807, 2.05) is 48.5 Å². The number of ketones is 1. The molecule has 3 aromatic carbocycles. The Balaban J connectivity index is 1.71. The fourth-order valence-electron chi connectivity index (χ4n) is 3.66. The molecule has 9 heteroatoms. The van der Waals surface area contributed by atoms with E-state index in [-0.39, 0.29) is 11.5 Å². The molecule has 0 aliphatic rings. The highest BCUT2D eigenvalue weighted by Gasteiger charge is 2.21. The number of hydrogen-bond donors (Lipinski definition) is 0. The van der Waals surface area contributed by atoms with E-state index in [4.69, 9.17) is 23.9 Å². The second-order valence-corrected chi connectivity index (χ2v) is 8.41. The molecular formula is C27H25N3O5S. The lowest BCUT2D eigenvalue weighted by Crippen LogP contribution is -2.07. The maximum Gasteiger partial charge on any atom is 0.210 e. The first-order valence-corrected chi connectivity index (χ1v) is 12.0. The van der Waals surface area contributed by atoms with Crippen LogP contribution in [0.1, 0.15) is 10.4 Å². The largest absolute Gasteiger partial charge is 0.497 e. The Kier molecular flexibility index (Phi) is 8.02. The predicted octanol–water partition coefficient (Wildman–Crippen LogP) is 5.22. The summed E-state index contributed by atoms with van der Waals surface area (Å²) in [5, 5.41) is 9.16. The van der Waals surface area contributed by atoms with Gasteiger partial charge in [-0.3, -0.25) is 4.79 Å². The van der Waals surface area contributed by atoms with E-state index in [1.165, 1.54) is 18.9 Å². The van der Waals surface area contributed by atoms with Crippen LogP contribution in [0.25, 0.3) is 22.5 Å². The highest BCUT2D eigenvalue weighted by Crippen LogP contribution is 2.38. The third kappa shape index (κ3) is 5.26. The van der Waals surface area contributed by atoms with E-state index in [0.717, 1.165) is 11.1 Å². The molecule has 0 atom stereocenters. The monoisotopic (exact) mass is 503 g/mol. The van der Waals surface area contributed by atoms with E-state index in [0.29, 0.717) is 45.1 Å². The molecule has 0 fully saturated rings. The van der Waals surface area contributed by atoms with Crippen LogP contribution >= 0.6 is 11.8 Å². The van der Waals surface area contributed by atoms with Crippen molar-refractivity contribution in [3.63, 3.8) is 0 Å². The Bertz CT molecular complexity index is 1380. The van der Waals surface area contributed by atoms with E-state index in [2.05, 4.69) is 10.2 Å². The summed E-state index contributed by atoms with van der Waals surface area (Å²) in [6.07, 6.45) is 0. The van der Waals surface area contributed by atoms with Crippen LogP contribution in [0.5, 0.6) is 23.0 Å². The molecule has 1 heterocycles. The summed E-state index contributed by atoms with van der Waals surface area (Å²) in [7, 11) is 6.28. The van der Waals surface area contributed by atoms with Gasteiger partial charge in [-0.15, -0.1) is 10.2 Å². The zero-order valence-corrected chi connectivity index (χ0v) is 21.2. The number of thioether (sulfide) groups is 1. The summed E-state index contributed by atoms with van der Waals surface area (Å²) in [6.45, 7) is 0. The van der Waals surface area contributed by atoms with Crippen LogP contribution in [-0.2, 0) is 0 Å². The van der Waals surface area contributed by atoms with Crippen molar-refractivity contribution >= 4 is 17.5 Å². The third-order valence-corrected chi connectivity index (χ3v) is 6.27. The Labute approximate surface area is 213 Å². The fourth-order valence-corrected chi connectivity index (χ4v) is 4.33. The predicted molar refractivity (Wildman–Crippen MR) is 138 cm³/mol. The average Bonchev–Trinajstić information content (AvgIpc) is 2.95. The molecule has 0 N–H and O–H groups in total. The molecule has 0 saturated carbocycles. The van der Waals surface area contributed by atoms with Crippen LogP contribution in [-0.4, -0.2) is 55.2 Å². The molecule has 0 radical (unpaired) electrons. The van der Waals surface area contributed by atoms with Crippen molar-refractivity contribution in [2.45, 2.75) is 5.16 Å². The molecule has 0 spiro atoms. The molecule has 0 unspecified atom stereocenters. The highest BCUT2D eigenvalue weighted by atomic mass is 32.2. The molecule has 4 rings (SSSR count). The molecule has 1 aromatic heterocycles. The van der Waals surface area contributed by atoms with Crippen molar-refractivity contribution < 1.29 is 23.7 Å². The van der Waals surface area contributed by atoms with Crippen LogP contribution in [0.3, 0.4) is 0 Å². The lowest BCUT2D eigenvalue weighted by molar-refractivity contribution is 0.101. The zero-order chi connectivity index (χ0) is 25.5. The molecule has 4 aromatic rings. The normalized spacial score (nSPS) is 10.6. The molecule has 0 saturated heterocycles. The minimum absolute atomic E-state index is 0.0879. The van der Waals surface area contributed by atoms with Crippen LogP contribution in [0.15, 0.2) is 71.9 Å². The molecule has 184 valence electrons. The Hall–Kier alpha value is -4.11. The van der Waals surface area contributed by atoms with E-state index in [9.17, 15) is 4.79 Å². The number of hydrogen-bond acceptors (Lipinski definition) is 9. The molecule has 36 heavy (non-hydrogen) atoms. The summed E-state index contributed by atoms with van der Waals surface area (Å²) in [6, 6.07) is 20.2. The number of Topliss-reactive ketones (excluding diaryl/α,β-unsaturated/α-hetero) is 1. The van der Waals surface area contributed by atoms with Crippen molar-refractivity contribution in [1.29, 1.82) is 0 Å². The maximum absolute atomic E-state index is 13.0. The van der Waals surface area contributed by atoms with Gasteiger partial charge in [-0.05, 0) is 42.5 Å². The van der Waals surface area contributed by atoms with Gasteiger partial charge < -0.3 is 18.9 Å². The second-order valence-electron chi connectivity index (χ2n) is 7.47. The van der Waals surface area contributed by atoms with Gasteiger partial charge in [0.1, 0.15) is 34.4 Å². The molecule has 0 amide bonds. The second kappa shape index (κ2) is 11.5. The Morgan fingerprint density at radius 2 is 1.33 bits per heavy atom. The summed E-state index contributed by atoms with van der Waals surface area (Å²) in [5.41, 5.74) is 3.03. The average molecular weight is 504 g/mol. The van der Waals surface area contributed by atoms with Gasteiger partial charge in [-0.25, -0.2) is 4.98 Å². The number of ether oxygens (including phenoxy) is 4. The first-order valence-electron chi connectivity index (χ1n) is 11.0. The zero-order valence-electron chi connectivity index (χ0n) is 20.3. The van der Waals surface area contributed by atoms with Crippen molar-refractivity contribution in [2.24, 2.45) is 0 Å². The Morgan fingerprint density at radius 3 is 1.94 bits per heavy atom. The van der Waals surface area contributed by atoms with Gasteiger partial charge in [0.05, 0.1) is 39.8 Å². The van der Waals surface area contributed by atoms with E-state index < -0.39 is 0 Å². The van der Waals surface area contributed by atoms with Crippen molar-refractivity contribution in [1.82, 2.24) is 15.2 Å². The molecule has 0 bridgehead atoms. The van der Waals surface area contributed by atoms with Gasteiger partial charge in [-0.1, -0.05) is 36.0 Å². The third-order valence-electron chi connectivity index (χ3n) is 5.43. The van der Waals surface area contributed by atoms with Crippen molar-refractivity contribution in [2.75, 3.05) is 34.2 Å². The molecule has 8 nitrogen and oxygen atoms in total. The number of para-hydroxylation sites is 2. The smallest absolute Gasteiger partial charge is 0.210 e. The van der Waals surface area contributed by atoms with Crippen LogP contribution < -0.4 is 18.9 Å². The topological polar surface area (TPSA) is 92.7 Å². The van der Waals surface area contributed by atoms with E-state index in [1.54, 1.807) is 39.5 Å². The number of carbonyl (C=O) groups is 1. The maximum atomic E-state index is 13.0. The van der Waals surface area contributed by atoms with Gasteiger partial charge in [0, 0.05) is 11.1 Å². The van der Waals surface area contributed by atoms with Crippen LogP contribution in [0, 0.1) is 0 Å². The highest BCUT2D eigenvalue weighted by molar-refractivity contribution is 7.99. The quantitative estimate of drug-likeness (QED) is 0.213. The summed E-state index contributed by atoms with van der Waals surface area (Å²) < 4.78 is 21.7. The number of nitrogens with zero attached hydrogens (tertiary/aromatic N) is 3. The number of benzene rings is 3. The lowest BCUT2D eigenvalue weighted by Gasteiger charge is -2.14.